The number of carbonyl (C=O) groups is 1. The minimum atomic E-state index is -0.348. The van der Waals surface area contributed by atoms with Crippen molar-refractivity contribution in [2.75, 3.05) is 19.0 Å². The molecule has 1 aliphatic rings. The van der Waals surface area contributed by atoms with Crippen molar-refractivity contribution in [2.24, 2.45) is 13.0 Å². The van der Waals surface area contributed by atoms with E-state index in [9.17, 15) is 9.18 Å². The van der Waals surface area contributed by atoms with Crippen LogP contribution in [0.15, 0.2) is 18.2 Å². The molecular formula is C29H43FN4O3S. The lowest BCUT2D eigenvalue weighted by Gasteiger charge is -2.28. The third-order valence-electron chi connectivity index (χ3n) is 6.82. The van der Waals surface area contributed by atoms with Gasteiger partial charge in [0.25, 0.3) is 5.91 Å². The number of methoxy groups -OCH3 is 1. The Labute approximate surface area is 230 Å². The Kier molecular flexibility index (Phi) is 11.0. The topological polar surface area (TPSA) is 77.4 Å². The van der Waals surface area contributed by atoms with E-state index >= 15 is 0 Å². The molecule has 4 rings (SSSR count). The lowest BCUT2D eigenvalue weighted by Crippen LogP contribution is -2.27. The number of nitrogens with zero attached hydrogens (tertiary/aromatic N) is 2. The molecule has 0 bridgehead atoms. The fourth-order valence-corrected chi connectivity index (χ4v) is 5.87. The van der Waals surface area contributed by atoms with Crippen molar-refractivity contribution in [1.29, 1.82) is 0 Å². The van der Waals surface area contributed by atoms with Crippen LogP contribution in [-0.4, -0.2) is 41.6 Å². The number of rotatable bonds is 10. The average Bonchev–Trinajstić information content (AvgIpc) is 3.39. The number of carbonyl (C=O) groups excluding carboxylic acids is 1. The summed E-state index contributed by atoms with van der Waals surface area (Å²) in [5.74, 6) is 1.43. The summed E-state index contributed by atoms with van der Waals surface area (Å²) >= 11 is 1.39. The number of hydrogen-bond donors (Lipinski definition) is 2. The molecule has 9 heteroatoms. The molecule has 0 unspecified atom stereocenters. The Morgan fingerprint density at radius 1 is 1.21 bits per heavy atom. The SMILES string of the molecule is CC.COC1CCC(Oc2cc(F)ccc2Nc2c3c(C)c(C(=O)NCCCC(C)C)sc3nn2C)CC1. The summed E-state index contributed by atoms with van der Waals surface area (Å²) < 4.78 is 27.6. The second kappa shape index (κ2) is 13.9. The summed E-state index contributed by atoms with van der Waals surface area (Å²) in [6.07, 6.45) is 5.90. The molecule has 1 fully saturated rings. The molecule has 1 aliphatic carbocycles. The van der Waals surface area contributed by atoms with E-state index in [4.69, 9.17) is 9.47 Å². The Morgan fingerprint density at radius 3 is 2.55 bits per heavy atom. The quantitative estimate of drug-likeness (QED) is 0.260. The molecule has 1 amide bonds. The molecule has 0 spiro atoms. The Morgan fingerprint density at radius 2 is 1.89 bits per heavy atom. The van der Waals surface area contributed by atoms with Crippen molar-refractivity contribution in [3.05, 3.63) is 34.5 Å². The molecule has 7 nitrogen and oxygen atoms in total. The Hall–Kier alpha value is -2.65. The van der Waals surface area contributed by atoms with E-state index in [0.717, 1.165) is 60.1 Å². The van der Waals surface area contributed by atoms with Gasteiger partial charge in [-0.15, -0.1) is 11.3 Å². The molecule has 210 valence electrons. The smallest absolute Gasteiger partial charge is 0.261 e. The van der Waals surface area contributed by atoms with E-state index in [0.29, 0.717) is 28.8 Å². The number of anilines is 2. The normalized spacial score (nSPS) is 17.3. The van der Waals surface area contributed by atoms with Gasteiger partial charge in [0.15, 0.2) is 0 Å². The predicted octanol–water partition coefficient (Wildman–Crippen LogP) is 7.35. The van der Waals surface area contributed by atoms with Crippen LogP contribution in [-0.2, 0) is 11.8 Å². The summed E-state index contributed by atoms with van der Waals surface area (Å²) in [4.78, 5) is 14.3. The number of fused-ring (bicyclic) bond motifs is 1. The number of halogens is 1. The highest BCUT2D eigenvalue weighted by atomic mass is 32.1. The molecule has 2 heterocycles. The number of hydrogen-bond acceptors (Lipinski definition) is 6. The predicted molar refractivity (Wildman–Crippen MR) is 154 cm³/mol. The van der Waals surface area contributed by atoms with E-state index < -0.39 is 0 Å². The zero-order chi connectivity index (χ0) is 27.8. The van der Waals surface area contributed by atoms with Crippen LogP contribution in [0, 0.1) is 18.7 Å². The molecule has 2 N–H and O–H groups in total. The second-order valence-corrected chi connectivity index (χ2v) is 11.0. The molecule has 0 atom stereocenters. The number of aromatic nitrogens is 2. The number of thiophene rings is 1. The minimum absolute atomic E-state index is 0.0131. The van der Waals surface area contributed by atoms with Gasteiger partial charge in [-0.3, -0.25) is 9.48 Å². The van der Waals surface area contributed by atoms with Gasteiger partial charge in [0.1, 0.15) is 22.2 Å². The molecular weight excluding hydrogens is 503 g/mol. The van der Waals surface area contributed by atoms with Crippen LogP contribution >= 0.6 is 11.3 Å². The van der Waals surface area contributed by atoms with E-state index in [1.807, 2.05) is 27.8 Å². The van der Waals surface area contributed by atoms with Crippen molar-refractivity contribution < 1.29 is 18.7 Å². The van der Waals surface area contributed by atoms with E-state index in [-0.39, 0.29) is 23.9 Å². The van der Waals surface area contributed by atoms with Gasteiger partial charge in [-0.2, -0.15) is 5.10 Å². The number of ether oxygens (including phenoxy) is 2. The Bertz CT molecular complexity index is 1200. The molecule has 38 heavy (non-hydrogen) atoms. The number of nitrogens with one attached hydrogen (secondary N) is 2. The van der Waals surface area contributed by atoms with Crippen molar-refractivity contribution in [3.63, 3.8) is 0 Å². The van der Waals surface area contributed by atoms with Gasteiger partial charge in [0.05, 0.1) is 28.2 Å². The van der Waals surface area contributed by atoms with Gasteiger partial charge in [-0.1, -0.05) is 27.7 Å². The van der Waals surface area contributed by atoms with Crippen LogP contribution in [0.1, 0.15) is 81.5 Å². The Balaban J connectivity index is 0.00000195. The molecule has 1 saturated carbocycles. The third-order valence-corrected chi connectivity index (χ3v) is 8.00. The van der Waals surface area contributed by atoms with Crippen molar-refractivity contribution in [2.45, 2.75) is 85.4 Å². The maximum atomic E-state index is 14.2. The lowest BCUT2D eigenvalue weighted by molar-refractivity contribution is 0.0329. The van der Waals surface area contributed by atoms with Crippen LogP contribution in [0.2, 0.25) is 0 Å². The largest absolute Gasteiger partial charge is 0.488 e. The average molecular weight is 547 g/mol. The van der Waals surface area contributed by atoms with Crippen LogP contribution in [0.3, 0.4) is 0 Å². The lowest BCUT2D eigenvalue weighted by atomic mass is 9.95. The van der Waals surface area contributed by atoms with E-state index in [1.165, 1.54) is 23.5 Å². The van der Waals surface area contributed by atoms with Gasteiger partial charge < -0.3 is 20.1 Å². The number of benzene rings is 1. The molecule has 3 aromatic rings. The van der Waals surface area contributed by atoms with Crippen LogP contribution in [0.5, 0.6) is 5.75 Å². The second-order valence-electron chi connectivity index (χ2n) is 10.0. The fraction of sp³-hybridized carbons (Fsp3) is 0.586. The monoisotopic (exact) mass is 546 g/mol. The van der Waals surface area contributed by atoms with Crippen LogP contribution in [0.4, 0.5) is 15.9 Å². The van der Waals surface area contributed by atoms with Gasteiger partial charge >= 0.3 is 0 Å². The fourth-order valence-electron chi connectivity index (χ4n) is 4.74. The molecule has 0 aliphatic heterocycles. The molecule has 1 aromatic carbocycles. The summed E-state index contributed by atoms with van der Waals surface area (Å²) in [5.41, 5.74) is 1.55. The molecule has 0 saturated heterocycles. The molecule has 0 radical (unpaired) electrons. The van der Waals surface area contributed by atoms with Crippen molar-refractivity contribution in [3.8, 4) is 5.75 Å². The zero-order valence-electron chi connectivity index (χ0n) is 23.8. The van der Waals surface area contributed by atoms with E-state index in [1.54, 1.807) is 17.9 Å². The minimum Gasteiger partial charge on any atom is -0.488 e. The number of aryl methyl sites for hydroxylation is 2. The molecule has 2 aromatic heterocycles. The number of amides is 1. The first-order chi connectivity index (χ1) is 18.3. The third kappa shape index (κ3) is 7.26. The van der Waals surface area contributed by atoms with E-state index in [2.05, 4.69) is 29.6 Å². The first kappa shape index (κ1) is 29.9. The maximum absolute atomic E-state index is 14.2. The first-order valence-corrected chi connectivity index (χ1v) is 14.6. The van der Waals surface area contributed by atoms with Crippen molar-refractivity contribution >= 4 is 39.0 Å². The van der Waals surface area contributed by atoms with Gasteiger partial charge in [-0.05, 0) is 69.1 Å². The highest BCUT2D eigenvalue weighted by Gasteiger charge is 2.25. The highest BCUT2D eigenvalue weighted by molar-refractivity contribution is 7.20. The summed E-state index contributed by atoms with van der Waals surface area (Å²) in [7, 11) is 3.60. The maximum Gasteiger partial charge on any atom is 0.261 e. The van der Waals surface area contributed by atoms with Crippen molar-refractivity contribution in [1.82, 2.24) is 15.1 Å². The van der Waals surface area contributed by atoms with Crippen LogP contribution in [0.25, 0.3) is 10.2 Å². The van der Waals surface area contributed by atoms with Gasteiger partial charge in [0, 0.05) is 26.8 Å². The summed E-state index contributed by atoms with van der Waals surface area (Å²) in [5, 5.41) is 12.0. The van der Waals surface area contributed by atoms with Gasteiger partial charge in [-0.25, -0.2) is 4.39 Å². The summed E-state index contributed by atoms with van der Waals surface area (Å²) in [6.45, 7) is 11.0. The van der Waals surface area contributed by atoms with Crippen LogP contribution < -0.4 is 15.4 Å². The summed E-state index contributed by atoms with van der Waals surface area (Å²) in [6, 6.07) is 4.53. The standard InChI is InChI=1S/C27H37FN4O3S.C2H6/c1-16(2)7-6-14-29-26(33)24-17(3)23-25(32(4)31-27(23)36-24)30-21-13-8-18(28)15-22(21)35-20-11-9-19(34-5)10-12-20;1-2/h8,13,15-16,19-20,30H,6-7,9-12,14H2,1-5H3,(H,29,33);1-2H3. The highest BCUT2D eigenvalue weighted by Crippen LogP contribution is 2.39. The zero-order valence-corrected chi connectivity index (χ0v) is 24.6. The van der Waals surface area contributed by atoms with Gasteiger partial charge in [0.2, 0.25) is 0 Å². The first-order valence-electron chi connectivity index (χ1n) is 13.8.